The van der Waals surface area contributed by atoms with Gasteiger partial charge in [-0.15, -0.1) is 0 Å². The average molecular weight is 371 g/mol. The predicted molar refractivity (Wildman–Crippen MR) is 102 cm³/mol. The van der Waals surface area contributed by atoms with Gasteiger partial charge in [-0.1, -0.05) is 24.9 Å². The molecule has 0 saturated heterocycles. The minimum absolute atomic E-state index is 0.600. The molecule has 0 unspecified atom stereocenters. The number of pyridine rings is 1. The second-order valence-corrected chi connectivity index (χ2v) is 7.13. The summed E-state index contributed by atoms with van der Waals surface area (Å²) >= 11 is 6.33. The van der Waals surface area contributed by atoms with Crippen molar-refractivity contribution in [2.24, 2.45) is 0 Å². The molecule has 3 aromatic rings. The van der Waals surface area contributed by atoms with Crippen molar-refractivity contribution in [1.82, 2.24) is 29.8 Å². The second-order valence-electron chi connectivity index (χ2n) is 6.77. The number of rotatable bonds is 6. The first-order chi connectivity index (χ1) is 12.7. The summed E-state index contributed by atoms with van der Waals surface area (Å²) < 4.78 is 0. The molecule has 0 amide bonds. The van der Waals surface area contributed by atoms with Crippen LogP contribution < -0.4 is 0 Å². The van der Waals surface area contributed by atoms with Crippen LogP contribution in [0.2, 0.25) is 5.15 Å². The summed E-state index contributed by atoms with van der Waals surface area (Å²) in [5, 5.41) is 0.600. The van der Waals surface area contributed by atoms with E-state index >= 15 is 0 Å². The Morgan fingerprint density at radius 2 is 2.19 bits per heavy atom. The van der Waals surface area contributed by atoms with Gasteiger partial charge in [-0.05, 0) is 18.6 Å². The Hall–Kier alpha value is -2.18. The zero-order valence-electron chi connectivity index (χ0n) is 14.9. The van der Waals surface area contributed by atoms with Gasteiger partial charge in [-0.25, -0.2) is 9.97 Å². The maximum absolute atomic E-state index is 6.33. The lowest BCUT2D eigenvalue weighted by Crippen LogP contribution is -2.30. The van der Waals surface area contributed by atoms with E-state index < -0.39 is 0 Å². The Morgan fingerprint density at radius 1 is 1.27 bits per heavy atom. The molecule has 0 spiro atoms. The highest BCUT2D eigenvalue weighted by atomic mass is 35.5. The van der Waals surface area contributed by atoms with Crippen LogP contribution in [0.5, 0.6) is 0 Å². The molecule has 6 nitrogen and oxygen atoms in total. The van der Waals surface area contributed by atoms with Crippen LogP contribution in [0, 0.1) is 0 Å². The fourth-order valence-electron chi connectivity index (χ4n) is 3.35. The summed E-state index contributed by atoms with van der Waals surface area (Å²) in [5.74, 6) is 1.89. The smallest absolute Gasteiger partial charge is 0.151 e. The lowest BCUT2D eigenvalue weighted by molar-refractivity contribution is 0.239. The van der Waals surface area contributed by atoms with Gasteiger partial charge in [0.15, 0.2) is 5.15 Å². The van der Waals surface area contributed by atoms with E-state index in [-0.39, 0.29) is 0 Å². The number of fused-ring (bicyclic) bond motifs is 1. The number of unbranched alkanes of at least 4 members (excludes halogenated alkanes) is 1. The van der Waals surface area contributed by atoms with E-state index in [0.717, 1.165) is 73.9 Å². The molecule has 26 heavy (non-hydrogen) atoms. The quantitative estimate of drug-likeness (QED) is 0.693. The van der Waals surface area contributed by atoms with Crippen molar-refractivity contribution in [2.75, 3.05) is 6.54 Å². The minimum Gasteiger partial charge on any atom is -0.344 e. The molecule has 1 aliphatic heterocycles. The molecule has 0 radical (unpaired) electrons. The van der Waals surface area contributed by atoms with Gasteiger partial charge in [0, 0.05) is 50.4 Å². The molecule has 3 aromatic heterocycles. The highest BCUT2D eigenvalue weighted by Crippen LogP contribution is 2.24. The Labute approximate surface area is 158 Å². The molecule has 7 heteroatoms. The van der Waals surface area contributed by atoms with Gasteiger partial charge < -0.3 is 9.97 Å². The molecule has 136 valence electrons. The summed E-state index contributed by atoms with van der Waals surface area (Å²) in [6.07, 6.45) is 7.78. The van der Waals surface area contributed by atoms with Crippen molar-refractivity contribution >= 4 is 11.6 Å². The van der Waals surface area contributed by atoms with Crippen molar-refractivity contribution in [1.29, 1.82) is 0 Å². The van der Waals surface area contributed by atoms with E-state index in [0.29, 0.717) is 5.15 Å². The molecule has 4 heterocycles. The first-order valence-electron chi connectivity index (χ1n) is 9.16. The molecule has 0 saturated carbocycles. The highest BCUT2D eigenvalue weighted by Gasteiger charge is 2.22. The maximum atomic E-state index is 6.33. The number of nitrogens with zero attached hydrogens (tertiary/aromatic N) is 4. The summed E-state index contributed by atoms with van der Waals surface area (Å²) in [6, 6.07) is 3.96. The van der Waals surface area contributed by atoms with Gasteiger partial charge in [0.2, 0.25) is 0 Å². The SMILES string of the molecule is CCCCc1nc(Cl)c(CN2CCc3nc(-c4cccnc4)[nH]c3C2)[nH]1. The van der Waals surface area contributed by atoms with Gasteiger partial charge in [-0.2, -0.15) is 0 Å². The van der Waals surface area contributed by atoms with Gasteiger partial charge in [0.05, 0.1) is 17.1 Å². The Bertz CT molecular complexity index is 870. The number of aromatic nitrogens is 5. The normalized spacial score (nSPS) is 14.5. The van der Waals surface area contributed by atoms with E-state index in [1.165, 1.54) is 5.69 Å². The van der Waals surface area contributed by atoms with Crippen molar-refractivity contribution in [3.05, 3.63) is 52.6 Å². The number of aryl methyl sites for hydroxylation is 1. The average Bonchev–Trinajstić information content (AvgIpc) is 3.24. The number of H-pyrrole nitrogens is 2. The number of nitrogens with one attached hydrogen (secondary N) is 2. The minimum atomic E-state index is 0.600. The fourth-order valence-corrected chi connectivity index (χ4v) is 3.56. The molecule has 0 atom stereocenters. The lowest BCUT2D eigenvalue weighted by atomic mass is 10.1. The van der Waals surface area contributed by atoms with Crippen molar-refractivity contribution < 1.29 is 0 Å². The molecule has 0 bridgehead atoms. The van der Waals surface area contributed by atoms with Crippen LogP contribution in [-0.4, -0.2) is 36.4 Å². The molecule has 0 aliphatic carbocycles. The number of aromatic amines is 2. The summed E-state index contributed by atoms with van der Waals surface area (Å²) in [4.78, 5) is 22.6. The highest BCUT2D eigenvalue weighted by molar-refractivity contribution is 6.30. The van der Waals surface area contributed by atoms with E-state index in [1.54, 1.807) is 6.20 Å². The third-order valence-corrected chi connectivity index (χ3v) is 5.08. The van der Waals surface area contributed by atoms with Crippen molar-refractivity contribution in [3.8, 4) is 11.4 Å². The zero-order valence-corrected chi connectivity index (χ0v) is 15.7. The number of hydrogen-bond acceptors (Lipinski definition) is 4. The third kappa shape index (κ3) is 3.66. The second kappa shape index (κ2) is 7.60. The first-order valence-corrected chi connectivity index (χ1v) is 9.54. The number of hydrogen-bond donors (Lipinski definition) is 2. The van der Waals surface area contributed by atoms with Crippen LogP contribution in [0.3, 0.4) is 0 Å². The van der Waals surface area contributed by atoms with Gasteiger partial charge >= 0.3 is 0 Å². The molecule has 2 N–H and O–H groups in total. The summed E-state index contributed by atoms with van der Waals surface area (Å²) in [5.41, 5.74) is 4.36. The molecule has 0 fully saturated rings. The van der Waals surface area contributed by atoms with Crippen LogP contribution in [-0.2, 0) is 25.9 Å². The van der Waals surface area contributed by atoms with E-state index in [4.69, 9.17) is 16.6 Å². The Balaban J connectivity index is 1.46. The monoisotopic (exact) mass is 370 g/mol. The predicted octanol–water partition coefficient (Wildman–Crippen LogP) is 3.75. The summed E-state index contributed by atoms with van der Waals surface area (Å²) in [6.45, 7) is 4.76. The van der Waals surface area contributed by atoms with Crippen LogP contribution in [0.15, 0.2) is 24.5 Å². The van der Waals surface area contributed by atoms with Crippen molar-refractivity contribution in [3.63, 3.8) is 0 Å². The van der Waals surface area contributed by atoms with Crippen LogP contribution in [0.1, 0.15) is 42.7 Å². The zero-order chi connectivity index (χ0) is 17.9. The largest absolute Gasteiger partial charge is 0.344 e. The van der Waals surface area contributed by atoms with Crippen molar-refractivity contribution in [2.45, 2.75) is 45.7 Å². The first kappa shape index (κ1) is 17.2. The fraction of sp³-hybridized carbons (Fsp3) is 0.421. The number of imidazole rings is 2. The number of halogens is 1. The van der Waals surface area contributed by atoms with Gasteiger partial charge in [-0.3, -0.25) is 9.88 Å². The van der Waals surface area contributed by atoms with Gasteiger partial charge in [0.25, 0.3) is 0 Å². The third-order valence-electron chi connectivity index (χ3n) is 4.77. The van der Waals surface area contributed by atoms with Crippen LogP contribution >= 0.6 is 11.6 Å². The Kier molecular flexibility index (Phi) is 5.04. The van der Waals surface area contributed by atoms with Crippen LogP contribution in [0.4, 0.5) is 0 Å². The van der Waals surface area contributed by atoms with E-state index in [9.17, 15) is 0 Å². The standard InChI is InChI=1S/C19H23ClN6/c1-2-3-6-17-22-16(18(20)25-17)12-26-9-7-14-15(11-26)24-19(23-14)13-5-4-8-21-10-13/h4-5,8,10H,2-3,6-7,9,11-12H2,1H3,(H,22,25)(H,23,24). The topological polar surface area (TPSA) is 73.5 Å². The van der Waals surface area contributed by atoms with E-state index in [1.807, 2.05) is 18.3 Å². The molecule has 0 aromatic carbocycles. The molecular weight excluding hydrogens is 348 g/mol. The molecule has 4 rings (SSSR count). The summed E-state index contributed by atoms with van der Waals surface area (Å²) in [7, 11) is 0. The maximum Gasteiger partial charge on any atom is 0.151 e. The lowest BCUT2D eigenvalue weighted by Gasteiger charge is -2.25. The molecular formula is C19H23ClN6. The van der Waals surface area contributed by atoms with Gasteiger partial charge in [0.1, 0.15) is 11.6 Å². The Morgan fingerprint density at radius 3 is 3.00 bits per heavy atom. The van der Waals surface area contributed by atoms with E-state index in [2.05, 4.69) is 31.8 Å². The van der Waals surface area contributed by atoms with Crippen LogP contribution in [0.25, 0.3) is 11.4 Å². The molecule has 1 aliphatic rings.